The molecule has 188 valence electrons. The summed E-state index contributed by atoms with van der Waals surface area (Å²) < 4.78 is 5.60. The summed E-state index contributed by atoms with van der Waals surface area (Å²) in [5.74, 6) is 0.0705. The van der Waals surface area contributed by atoms with Crippen LogP contribution in [-0.4, -0.2) is 74.1 Å². The molecule has 2 aromatic heterocycles. The average molecular weight is 505 g/mol. The molecule has 1 aromatic carbocycles. The molecule has 1 amide bonds. The first-order valence-corrected chi connectivity index (χ1v) is 13.1. The van der Waals surface area contributed by atoms with Crippen LogP contribution in [0.4, 0.5) is 5.00 Å². The number of fused-ring (bicyclic) bond motifs is 1. The summed E-state index contributed by atoms with van der Waals surface area (Å²) in [6.45, 7) is 7.44. The van der Waals surface area contributed by atoms with E-state index in [0.717, 1.165) is 57.3 Å². The Morgan fingerprint density at radius 1 is 1.17 bits per heavy atom. The average Bonchev–Trinajstić information content (AvgIpc) is 3.23. The van der Waals surface area contributed by atoms with Crippen LogP contribution < -0.4 is 10.2 Å². The van der Waals surface area contributed by atoms with Crippen LogP contribution in [0, 0.1) is 0 Å². The van der Waals surface area contributed by atoms with Crippen LogP contribution in [0.5, 0.6) is 0 Å². The summed E-state index contributed by atoms with van der Waals surface area (Å²) in [7, 11) is 3.78. The smallest absolute Gasteiger partial charge is 0.262 e. The number of morpholine rings is 1. The molecule has 0 unspecified atom stereocenters. The van der Waals surface area contributed by atoms with Crippen LogP contribution in [0.25, 0.3) is 22.4 Å². The first-order chi connectivity index (χ1) is 17.2. The standard InChI is InChI=1S/C28H32N4O3S/c1-28(2)16-21-24(27(32-10-12-35-13-11-32)36-25(21)26(34)30-28)20-8-9-29-22(15-20)18-6-5-7-19(14-18)23(33)17-31(3)4/h5-9,14-15H,10-13,16-17H2,1-4H3,(H,30,34). The number of ketones is 1. The van der Waals surface area contributed by atoms with Gasteiger partial charge in [-0.3, -0.25) is 14.6 Å². The van der Waals surface area contributed by atoms with E-state index in [0.29, 0.717) is 25.3 Å². The maximum absolute atomic E-state index is 13.1. The Bertz CT molecular complexity index is 1310. The quantitative estimate of drug-likeness (QED) is 0.509. The van der Waals surface area contributed by atoms with E-state index in [2.05, 4.69) is 35.1 Å². The number of hydrogen-bond donors (Lipinski definition) is 1. The van der Waals surface area contributed by atoms with Crippen LogP contribution in [0.15, 0.2) is 42.6 Å². The van der Waals surface area contributed by atoms with E-state index in [1.54, 1.807) is 11.3 Å². The molecule has 36 heavy (non-hydrogen) atoms. The number of nitrogens with zero attached hydrogens (tertiary/aromatic N) is 3. The van der Waals surface area contributed by atoms with Gasteiger partial charge in [0.15, 0.2) is 5.78 Å². The highest BCUT2D eigenvalue weighted by Crippen LogP contribution is 2.46. The lowest BCUT2D eigenvalue weighted by atomic mass is 9.87. The van der Waals surface area contributed by atoms with Crippen LogP contribution in [0.2, 0.25) is 0 Å². The number of aromatic nitrogens is 1. The van der Waals surface area contributed by atoms with Gasteiger partial charge in [-0.25, -0.2) is 0 Å². The molecular weight excluding hydrogens is 472 g/mol. The van der Waals surface area contributed by atoms with E-state index in [9.17, 15) is 9.59 Å². The van der Waals surface area contributed by atoms with E-state index in [1.807, 2.05) is 55.5 Å². The molecule has 0 atom stereocenters. The fourth-order valence-corrected chi connectivity index (χ4v) is 6.20. The summed E-state index contributed by atoms with van der Waals surface area (Å²) in [6, 6.07) is 11.8. The zero-order valence-electron chi connectivity index (χ0n) is 21.3. The Morgan fingerprint density at radius 2 is 1.94 bits per heavy atom. The van der Waals surface area contributed by atoms with E-state index in [-0.39, 0.29) is 17.2 Å². The number of anilines is 1. The van der Waals surface area contributed by atoms with Crippen molar-refractivity contribution < 1.29 is 14.3 Å². The number of carbonyl (C=O) groups excluding carboxylic acids is 2. The van der Waals surface area contributed by atoms with Gasteiger partial charge in [0, 0.05) is 41.5 Å². The number of amides is 1. The number of benzene rings is 1. The summed E-state index contributed by atoms with van der Waals surface area (Å²) in [5, 5.41) is 4.27. The van der Waals surface area contributed by atoms with Gasteiger partial charge in [-0.1, -0.05) is 18.2 Å². The number of pyridine rings is 1. The van der Waals surface area contributed by atoms with Crippen molar-refractivity contribution in [2.45, 2.75) is 25.8 Å². The van der Waals surface area contributed by atoms with Crippen molar-refractivity contribution in [1.82, 2.24) is 15.2 Å². The number of rotatable bonds is 6. The number of carbonyl (C=O) groups is 2. The van der Waals surface area contributed by atoms with E-state index in [4.69, 9.17) is 4.74 Å². The topological polar surface area (TPSA) is 74.8 Å². The normalized spacial score (nSPS) is 17.1. The molecule has 0 radical (unpaired) electrons. The van der Waals surface area contributed by atoms with Gasteiger partial charge < -0.3 is 19.9 Å². The SMILES string of the molecule is CN(C)CC(=O)c1cccc(-c2cc(-c3c(N4CCOCC4)sc4c3CC(C)(C)NC4=O)ccn2)c1. The third-order valence-corrected chi connectivity index (χ3v) is 7.84. The zero-order valence-corrected chi connectivity index (χ0v) is 22.1. The second-order valence-corrected chi connectivity index (χ2v) is 11.4. The van der Waals surface area contributed by atoms with E-state index < -0.39 is 0 Å². The van der Waals surface area contributed by atoms with Crippen LogP contribution in [0.1, 0.15) is 39.4 Å². The van der Waals surface area contributed by atoms with Gasteiger partial charge in [0.25, 0.3) is 5.91 Å². The Labute approximate surface area is 216 Å². The predicted molar refractivity (Wildman–Crippen MR) is 144 cm³/mol. The minimum Gasteiger partial charge on any atom is -0.378 e. The van der Waals surface area contributed by atoms with Crippen molar-refractivity contribution in [1.29, 1.82) is 0 Å². The van der Waals surface area contributed by atoms with Gasteiger partial charge in [-0.15, -0.1) is 11.3 Å². The van der Waals surface area contributed by atoms with Crippen LogP contribution in [-0.2, 0) is 11.2 Å². The van der Waals surface area contributed by atoms with Crippen molar-refractivity contribution in [3.8, 4) is 22.4 Å². The number of thiophene rings is 1. The highest BCUT2D eigenvalue weighted by atomic mass is 32.1. The fraction of sp³-hybridized carbons (Fsp3) is 0.393. The Kier molecular flexibility index (Phi) is 6.68. The zero-order chi connectivity index (χ0) is 25.4. The number of hydrogen-bond acceptors (Lipinski definition) is 7. The molecule has 1 fully saturated rings. The predicted octanol–water partition coefficient (Wildman–Crippen LogP) is 4.12. The third-order valence-electron chi connectivity index (χ3n) is 6.55. The lowest BCUT2D eigenvalue weighted by molar-refractivity contribution is 0.0901. The molecule has 7 nitrogen and oxygen atoms in total. The Balaban J connectivity index is 1.60. The molecule has 1 saturated heterocycles. The molecule has 5 rings (SSSR count). The van der Waals surface area contributed by atoms with E-state index in [1.165, 1.54) is 0 Å². The highest BCUT2D eigenvalue weighted by molar-refractivity contribution is 7.19. The molecule has 0 spiro atoms. The summed E-state index contributed by atoms with van der Waals surface area (Å²) in [4.78, 5) is 35.4. The molecular formula is C28H32N4O3S. The molecule has 2 aliphatic heterocycles. The van der Waals surface area contributed by atoms with Crippen LogP contribution in [0.3, 0.4) is 0 Å². The monoisotopic (exact) mass is 504 g/mol. The molecule has 3 aromatic rings. The third kappa shape index (κ3) is 4.93. The molecule has 4 heterocycles. The minimum absolute atomic E-state index is 0.00612. The van der Waals surface area contributed by atoms with Gasteiger partial charge in [0.2, 0.25) is 0 Å². The maximum Gasteiger partial charge on any atom is 0.262 e. The molecule has 0 saturated carbocycles. The van der Waals surface area contributed by atoms with Crippen molar-refractivity contribution in [2.24, 2.45) is 0 Å². The highest BCUT2D eigenvalue weighted by Gasteiger charge is 2.36. The van der Waals surface area contributed by atoms with Gasteiger partial charge in [0.05, 0.1) is 30.3 Å². The number of likely N-dealkylation sites (N-methyl/N-ethyl adjacent to an activating group) is 1. The number of nitrogens with one attached hydrogen (secondary N) is 1. The van der Waals surface area contributed by atoms with Crippen molar-refractivity contribution in [2.75, 3.05) is 51.8 Å². The minimum atomic E-state index is -0.320. The molecule has 8 heteroatoms. The van der Waals surface area contributed by atoms with Gasteiger partial charge in [-0.2, -0.15) is 0 Å². The van der Waals surface area contributed by atoms with Crippen molar-refractivity contribution >= 4 is 28.0 Å². The van der Waals surface area contributed by atoms with Crippen molar-refractivity contribution in [3.05, 3.63) is 58.6 Å². The van der Waals surface area contributed by atoms with Gasteiger partial charge >= 0.3 is 0 Å². The Morgan fingerprint density at radius 3 is 2.69 bits per heavy atom. The Hall–Kier alpha value is -3.07. The van der Waals surface area contributed by atoms with Crippen molar-refractivity contribution in [3.63, 3.8) is 0 Å². The summed E-state index contributed by atoms with van der Waals surface area (Å²) in [6.07, 6.45) is 2.58. The second kappa shape index (κ2) is 9.76. The fourth-order valence-electron chi connectivity index (χ4n) is 4.92. The number of ether oxygens (including phenoxy) is 1. The molecule has 0 bridgehead atoms. The lowest BCUT2D eigenvalue weighted by Gasteiger charge is -2.31. The van der Waals surface area contributed by atoms with E-state index >= 15 is 0 Å². The first-order valence-electron chi connectivity index (χ1n) is 12.3. The summed E-state index contributed by atoms with van der Waals surface area (Å²) in [5.41, 5.74) is 5.31. The largest absolute Gasteiger partial charge is 0.378 e. The molecule has 1 N–H and O–H groups in total. The number of Topliss-reactive ketones (excluding diaryl/α,β-unsaturated/α-hetero) is 1. The van der Waals surface area contributed by atoms with Gasteiger partial charge in [-0.05, 0) is 63.7 Å². The van der Waals surface area contributed by atoms with Crippen LogP contribution >= 0.6 is 11.3 Å². The summed E-state index contributed by atoms with van der Waals surface area (Å²) >= 11 is 1.57. The second-order valence-electron chi connectivity index (χ2n) is 10.4. The molecule has 0 aliphatic carbocycles. The van der Waals surface area contributed by atoms with Gasteiger partial charge in [0.1, 0.15) is 5.00 Å². The lowest BCUT2D eigenvalue weighted by Crippen LogP contribution is -2.48. The first kappa shape index (κ1) is 24.6. The maximum atomic E-state index is 13.1. The molecule has 2 aliphatic rings.